The van der Waals surface area contributed by atoms with Crippen LogP contribution >= 0.6 is 0 Å². The van der Waals surface area contributed by atoms with Gasteiger partial charge in [-0.25, -0.2) is 0 Å². The molecule has 1 saturated heterocycles. The molecule has 1 atom stereocenters. The zero-order valence-electron chi connectivity index (χ0n) is 11.3. The Morgan fingerprint density at radius 2 is 2.20 bits per heavy atom. The number of para-hydroxylation sites is 1. The van der Waals surface area contributed by atoms with Crippen LogP contribution in [-0.2, 0) is 0 Å². The van der Waals surface area contributed by atoms with Gasteiger partial charge in [0.2, 0.25) is 0 Å². The molecule has 1 aliphatic rings. The molecule has 0 saturated carbocycles. The van der Waals surface area contributed by atoms with Gasteiger partial charge in [-0.2, -0.15) is 0 Å². The molecule has 4 nitrogen and oxygen atoms in total. The number of hydrogen-bond acceptors (Lipinski definition) is 3. The number of nitrogens with zero attached hydrogens (tertiary/aromatic N) is 2. The molecule has 1 aromatic heterocycles. The molecule has 0 radical (unpaired) electrons. The first-order valence-corrected chi connectivity index (χ1v) is 7.03. The van der Waals surface area contributed by atoms with Crippen molar-refractivity contribution in [3.05, 3.63) is 42.1 Å². The summed E-state index contributed by atoms with van der Waals surface area (Å²) in [5, 5.41) is 9.99. The molecular weight excluding hydrogens is 252 g/mol. The number of carbonyl (C=O) groups is 1. The minimum absolute atomic E-state index is 0.0507. The third-order valence-corrected chi connectivity index (χ3v) is 3.97. The van der Waals surface area contributed by atoms with Crippen molar-refractivity contribution in [1.82, 2.24) is 9.88 Å². The summed E-state index contributed by atoms with van der Waals surface area (Å²) in [5.41, 5.74) is 1.44. The van der Waals surface area contributed by atoms with Crippen LogP contribution in [0.4, 0.5) is 0 Å². The van der Waals surface area contributed by atoms with E-state index in [2.05, 4.69) is 4.98 Å². The quantitative estimate of drug-likeness (QED) is 0.929. The fourth-order valence-corrected chi connectivity index (χ4v) is 2.88. The van der Waals surface area contributed by atoms with Gasteiger partial charge in [-0.3, -0.25) is 9.78 Å². The maximum Gasteiger partial charge on any atom is 0.256 e. The zero-order chi connectivity index (χ0) is 13.9. The lowest BCUT2D eigenvalue weighted by molar-refractivity contribution is 0.0786. The molecular formula is C16H18N2O2. The summed E-state index contributed by atoms with van der Waals surface area (Å²) in [4.78, 5) is 18.9. The van der Waals surface area contributed by atoms with Crippen LogP contribution in [0.1, 0.15) is 23.2 Å². The number of likely N-dealkylation sites (tertiary alicyclic amines) is 1. The van der Waals surface area contributed by atoms with Crippen LogP contribution in [0.5, 0.6) is 0 Å². The summed E-state index contributed by atoms with van der Waals surface area (Å²) in [6, 6.07) is 9.56. The van der Waals surface area contributed by atoms with Crippen LogP contribution in [0.2, 0.25) is 0 Å². The number of hydrogen-bond donors (Lipinski definition) is 1. The van der Waals surface area contributed by atoms with E-state index >= 15 is 0 Å². The van der Waals surface area contributed by atoms with Gasteiger partial charge in [0.15, 0.2) is 0 Å². The molecule has 3 rings (SSSR count). The number of benzene rings is 1. The van der Waals surface area contributed by atoms with Crippen LogP contribution in [0.3, 0.4) is 0 Å². The third-order valence-electron chi connectivity index (χ3n) is 3.97. The first-order chi connectivity index (χ1) is 9.79. The van der Waals surface area contributed by atoms with Gasteiger partial charge in [0.1, 0.15) is 0 Å². The molecule has 104 valence electrons. The highest BCUT2D eigenvalue weighted by molar-refractivity contribution is 6.05. The molecule has 4 heteroatoms. The van der Waals surface area contributed by atoms with E-state index in [1.54, 1.807) is 6.20 Å². The topological polar surface area (TPSA) is 53.4 Å². The number of fused-ring (bicyclic) bond motifs is 1. The smallest absolute Gasteiger partial charge is 0.256 e. The van der Waals surface area contributed by atoms with Crippen molar-refractivity contribution in [2.45, 2.75) is 12.8 Å². The van der Waals surface area contributed by atoms with Crippen molar-refractivity contribution in [2.24, 2.45) is 5.92 Å². The van der Waals surface area contributed by atoms with E-state index in [1.807, 2.05) is 35.2 Å². The molecule has 2 aromatic rings. The minimum Gasteiger partial charge on any atom is -0.396 e. The fourth-order valence-electron chi connectivity index (χ4n) is 2.88. The predicted molar refractivity (Wildman–Crippen MR) is 77.5 cm³/mol. The first-order valence-electron chi connectivity index (χ1n) is 7.03. The van der Waals surface area contributed by atoms with Crippen molar-refractivity contribution in [2.75, 3.05) is 19.7 Å². The van der Waals surface area contributed by atoms with Gasteiger partial charge in [0.05, 0.1) is 11.1 Å². The zero-order valence-corrected chi connectivity index (χ0v) is 11.3. The van der Waals surface area contributed by atoms with E-state index in [4.69, 9.17) is 5.11 Å². The van der Waals surface area contributed by atoms with E-state index < -0.39 is 0 Å². The second-order valence-corrected chi connectivity index (χ2v) is 5.30. The highest BCUT2D eigenvalue weighted by atomic mass is 16.3. The Morgan fingerprint density at radius 3 is 3.05 bits per heavy atom. The SMILES string of the molecule is O=C(c1cccc2cccnc12)N1CCC(CCO)C1. The number of aliphatic hydroxyl groups excluding tert-OH is 1. The summed E-state index contributed by atoms with van der Waals surface area (Å²) in [6.45, 7) is 1.71. The van der Waals surface area contributed by atoms with Crippen LogP contribution in [-0.4, -0.2) is 40.6 Å². The van der Waals surface area contributed by atoms with Crippen molar-refractivity contribution in [3.63, 3.8) is 0 Å². The van der Waals surface area contributed by atoms with Crippen molar-refractivity contribution < 1.29 is 9.90 Å². The predicted octanol–water partition coefficient (Wildman–Crippen LogP) is 2.08. The Kier molecular flexibility index (Phi) is 3.65. The van der Waals surface area contributed by atoms with Crippen molar-refractivity contribution >= 4 is 16.8 Å². The van der Waals surface area contributed by atoms with Crippen molar-refractivity contribution in [1.29, 1.82) is 0 Å². The summed E-state index contributed by atoms with van der Waals surface area (Å²) in [5.74, 6) is 0.474. The van der Waals surface area contributed by atoms with E-state index in [-0.39, 0.29) is 12.5 Å². The van der Waals surface area contributed by atoms with Gasteiger partial charge in [-0.05, 0) is 30.9 Å². The molecule has 1 aromatic carbocycles. The molecule has 0 aliphatic carbocycles. The summed E-state index contributed by atoms with van der Waals surface area (Å²) >= 11 is 0. The Morgan fingerprint density at radius 1 is 1.35 bits per heavy atom. The monoisotopic (exact) mass is 270 g/mol. The Bertz CT molecular complexity index is 621. The number of carbonyl (C=O) groups excluding carboxylic acids is 1. The fraction of sp³-hybridized carbons (Fsp3) is 0.375. The van der Waals surface area contributed by atoms with Crippen LogP contribution in [0.25, 0.3) is 10.9 Å². The van der Waals surface area contributed by atoms with Crippen LogP contribution in [0.15, 0.2) is 36.5 Å². The Labute approximate surface area is 118 Å². The third kappa shape index (κ3) is 2.39. The van der Waals surface area contributed by atoms with Crippen molar-refractivity contribution in [3.8, 4) is 0 Å². The van der Waals surface area contributed by atoms with Crippen LogP contribution in [0, 0.1) is 5.92 Å². The lowest BCUT2D eigenvalue weighted by Crippen LogP contribution is -2.29. The molecule has 1 amide bonds. The maximum atomic E-state index is 12.6. The number of rotatable bonds is 3. The highest BCUT2D eigenvalue weighted by Gasteiger charge is 2.27. The lowest BCUT2D eigenvalue weighted by Gasteiger charge is -2.17. The largest absolute Gasteiger partial charge is 0.396 e. The molecule has 1 aliphatic heterocycles. The lowest BCUT2D eigenvalue weighted by atomic mass is 10.1. The second kappa shape index (κ2) is 5.59. The van der Waals surface area contributed by atoms with Gasteiger partial charge in [0.25, 0.3) is 5.91 Å². The average molecular weight is 270 g/mol. The molecule has 0 bridgehead atoms. The molecule has 2 heterocycles. The first kappa shape index (κ1) is 13.1. The number of aromatic nitrogens is 1. The Balaban J connectivity index is 1.86. The highest BCUT2D eigenvalue weighted by Crippen LogP contribution is 2.23. The van der Waals surface area contributed by atoms with Gasteiger partial charge in [-0.1, -0.05) is 18.2 Å². The minimum atomic E-state index is 0.0507. The molecule has 0 spiro atoms. The van der Waals surface area contributed by atoms with Gasteiger partial charge < -0.3 is 10.0 Å². The molecule has 20 heavy (non-hydrogen) atoms. The van der Waals surface area contributed by atoms with Gasteiger partial charge >= 0.3 is 0 Å². The Hall–Kier alpha value is -1.94. The van der Waals surface area contributed by atoms with E-state index in [0.717, 1.165) is 36.8 Å². The van der Waals surface area contributed by atoms with E-state index in [1.165, 1.54) is 0 Å². The van der Waals surface area contributed by atoms with Gasteiger partial charge in [-0.15, -0.1) is 0 Å². The second-order valence-electron chi connectivity index (χ2n) is 5.30. The maximum absolute atomic E-state index is 12.6. The normalized spacial score (nSPS) is 18.6. The molecule has 1 N–H and O–H groups in total. The number of pyridine rings is 1. The number of amides is 1. The number of aliphatic hydroxyl groups is 1. The van der Waals surface area contributed by atoms with Gasteiger partial charge in [0, 0.05) is 31.3 Å². The standard InChI is InChI=1S/C16H18N2O2/c19-10-7-12-6-9-18(11-12)16(20)14-5-1-3-13-4-2-8-17-15(13)14/h1-5,8,12,19H,6-7,9-11H2. The molecule has 1 fully saturated rings. The summed E-state index contributed by atoms with van der Waals surface area (Å²) in [6.07, 6.45) is 3.47. The van der Waals surface area contributed by atoms with Crippen LogP contribution < -0.4 is 0 Å². The summed E-state index contributed by atoms with van der Waals surface area (Å²) in [7, 11) is 0. The molecule has 1 unspecified atom stereocenters. The van der Waals surface area contributed by atoms with E-state index in [9.17, 15) is 4.79 Å². The average Bonchev–Trinajstić information content (AvgIpc) is 2.95. The van der Waals surface area contributed by atoms with E-state index in [0.29, 0.717) is 11.5 Å². The summed E-state index contributed by atoms with van der Waals surface area (Å²) < 4.78 is 0.